The molecule has 0 spiro atoms. The van der Waals surface area contributed by atoms with Gasteiger partial charge in [-0.05, 0) is 67.8 Å². The summed E-state index contributed by atoms with van der Waals surface area (Å²) in [6.45, 7) is 2.44. The van der Waals surface area contributed by atoms with Crippen LogP contribution in [0, 0.1) is 0 Å². The molecule has 0 aliphatic carbocycles. The van der Waals surface area contributed by atoms with Gasteiger partial charge >= 0.3 is 0 Å². The molecule has 2 saturated heterocycles. The topological polar surface area (TPSA) is 61.9 Å². The molecule has 2 aromatic rings. The molecule has 0 bridgehead atoms. The summed E-state index contributed by atoms with van der Waals surface area (Å²) in [7, 11) is 1.66. The van der Waals surface area contributed by atoms with Crippen LogP contribution in [0.25, 0.3) is 0 Å². The van der Waals surface area contributed by atoms with Gasteiger partial charge in [0.1, 0.15) is 5.75 Å². The third kappa shape index (κ3) is 4.65. The first-order valence-corrected chi connectivity index (χ1v) is 10.7. The molecule has 2 fully saturated rings. The average molecular weight is 408 g/mol. The van der Waals surface area contributed by atoms with Crippen LogP contribution in [-0.2, 0) is 16.1 Å². The Labute approximate surface area is 177 Å². The molecule has 4 rings (SSSR count). The molecular formula is C24H29N3O3. The Morgan fingerprint density at radius 1 is 1.03 bits per heavy atom. The first-order valence-electron chi connectivity index (χ1n) is 10.7. The fourth-order valence-corrected chi connectivity index (χ4v) is 4.31. The SMILES string of the molecule is COc1ccc(CN2CCCCC2C(=O)Nc2ccc(N3CCCC3=O)cc2)cc1. The highest BCUT2D eigenvalue weighted by Gasteiger charge is 2.29. The molecule has 1 unspecified atom stereocenters. The summed E-state index contributed by atoms with van der Waals surface area (Å²) in [6.07, 6.45) is 4.56. The Balaban J connectivity index is 1.39. The molecule has 0 saturated carbocycles. The second-order valence-corrected chi connectivity index (χ2v) is 8.02. The van der Waals surface area contributed by atoms with Crippen molar-refractivity contribution in [2.45, 2.75) is 44.7 Å². The van der Waals surface area contributed by atoms with Gasteiger partial charge in [0.25, 0.3) is 0 Å². The summed E-state index contributed by atoms with van der Waals surface area (Å²) in [5, 5.41) is 3.07. The Kier molecular flexibility index (Phi) is 6.33. The number of hydrogen-bond acceptors (Lipinski definition) is 4. The first-order chi connectivity index (χ1) is 14.6. The van der Waals surface area contributed by atoms with E-state index in [2.05, 4.69) is 22.3 Å². The molecular weight excluding hydrogens is 378 g/mol. The maximum Gasteiger partial charge on any atom is 0.241 e. The molecule has 2 amide bonds. The van der Waals surface area contributed by atoms with Gasteiger partial charge in [-0.25, -0.2) is 0 Å². The monoisotopic (exact) mass is 407 g/mol. The maximum absolute atomic E-state index is 13.0. The van der Waals surface area contributed by atoms with Gasteiger partial charge in [-0.15, -0.1) is 0 Å². The molecule has 1 N–H and O–H groups in total. The molecule has 6 nitrogen and oxygen atoms in total. The van der Waals surface area contributed by atoms with Crippen LogP contribution >= 0.6 is 0 Å². The highest BCUT2D eigenvalue weighted by atomic mass is 16.5. The zero-order valence-electron chi connectivity index (χ0n) is 17.5. The van der Waals surface area contributed by atoms with Crippen LogP contribution in [0.5, 0.6) is 5.75 Å². The van der Waals surface area contributed by atoms with Crippen molar-refractivity contribution in [3.63, 3.8) is 0 Å². The van der Waals surface area contributed by atoms with Crippen LogP contribution < -0.4 is 15.0 Å². The molecule has 1 atom stereocenters. The summed E-state index contributed by atoms with van der Waals surface area (Å²) >= 11 is 0. The number of amides is 2. The van der Waals surface area contributed by atoms with E-state index in [1.165, 1.54) is 5.56 Å². The van der Waals surface area contributed by atoms with Gasteiger partial charge in [-0.1, -0.05) is 18.6 Å². The Morgan fingerprint density at radius 2 is 1.80 bits per heavy atom. The summed E-state index contributed by atoms with van der Waals surface area (Å²) in [4.78, 5) is 29.0. The number of carbonyl (C=O) groups excluding carboxylic acids is 2. The number of carbonyl (C=O) groups is 2. The largest absolute Gasteiger partial charge is 0.497 e. The Hall–Kier alpha value is -2.86. The molecule has 0 radical (unpaired) electrons. The van der Waals surface area contributed by atoms with Crippen LogP contribution in [0.1, 0.15) is 37.7 Å². The predicted molar refractivity (Wildman–Crippen MR) is 118 cm³/mol. The summed E-state index contributed by atoms with van der Waals surface area (Å²) < 4.78 is 5.23. The zero-order chi connectivity index (χ0) is 20.9. The number of hydrogen-bond donors (Lipinski definition) is 1. The number of anilines is 2. The van der Waals surface area contributed by atoms with E-state index in [0.717, 1.165) is 62.4 Å². The van der Waals surface area contributed by atoms with Crippen molar-refractivity contribution in [2.75, 3.05) is 30.4 Å². The quantitative estimate of drug-likeness (QED) is 0.791. The molecule has 158 valence electrons. The van der Waals surface area contributed by atoms with Crippen molar-refractivity contribution in [2.24, 2.45) is 0 Å². The molecule has 0 aromatic heterocycles. The predicted octanol–water partition coefficient (Wildman–Crippen LogP) is 3.82. The van der Waals surface area contributed by atoms with E-state index in [0.29, 0.717) is 6.42 Å². The minimum absolute atomic E-state index is 0.0354. The molecule has 2 aliphatic heterocycles. The Morgan fingerprint density at radius 3 is 2.47 bits per heavy atom. The number of ether oxygens (including phenoxy) is 1. The van der Waals surface area contributed by atoms with Gasteiger partial charge in [0.05, 0.1) is 13.2 Å². The Bertz CT molecular complexity index is 880. The van der Waals surface area contributed by atoms with Crippen molar-refractivity contribution in [3.05, 3.63) is 54.1 Å². The second kappa shape index (κ2) is 9.30. The number of likely N-dealkylation sites (tertiary alicyclic amines) is 1. The van der Waals surface area contributed by atoms with Crippen LogP contribution in [0.15, 0.2) is 48.5 Å². The number of rotatable bonds is 6. The van der Waals surface area contributed by atoms with E-state index in [-0.39, 0.29) is 17.9 Å². The number of methoxy groups -OCH3 is 1. The van der Waals surface area contributed by atoms with Gasteiger partial charge in [-0.3, -0.25) is 14.5 Å². The minimum atomic E-state index is -0.138. The fourth-order valence-electron chi connectivity index (χ4n) is 4.31. The van der Waals surface area contributed by atoms with Gasteiger partial charge in [0.2, 0.25) is 11.8 Å². The van der Waals surface area contributed by atoms with Crippen molar-refractivity contribution >= 4 is 23.2 Å². The smallest absolute Gasteiger partial charge is 0.241 e. The van der Waals surface area contributed by atoms with E-state index in [9.17, 15) is 9.59 Å². The summed E-state index contributed by atoms with van der Waals surface area (Å²) in [5.74, 6) is 1.04. The number of nitrogens with zero attached hydrogens (tertiary/aromatic N) is 2. The lowest BCUT2D eigenvalue weighted by molar-refractivity contribution is -0.122. The van der Waals surface area contributed by atoms with E-state index in [4.69, 9.17) is 4.74 Å². The lowest BCUT2D eigenvalue weighted by Crippen LogP contribution is -2.46. The van der Waals surface area contributed by atoms with Crippen LogP contribution in [0.4, 0.5) is 11.4 Å². The van der Waals surface area contributed by atoms with Crippen molar-refractivity contribution in [1.82, 2.24) is 4.90 Å². The van der Waals surface area contributed by atoms with Gasteiger partial charge in [0, 0.05) is 30.9 Å². The zero-order valence-corrected chi connectivity index (χ0v) is 17.5. The third-order valence-electron chi connectivity index (χ3n) is 5.98. The van der Waals surface area contributed by atoms with Crippen molar-refractivity contribution in [1.29, 1.82) is 0 Å². The van der Waals surface area contributed by atoms with Crippen LogP contribution in [0.3, 0.4) is 0 Å². The van der Waals surface area contributed by atoms with Gasteiger partial charge in [-0.2, -0.15) is 0 Å². The van der Waals surface area contributed by atoms with Crippen molar-refractivity contribution in [3.8, 4) is 5.75 Å². The molecule has 2 aliphatic rings. The summed E-state index contributed by atoms with van der Waals surface area (Å²) in [6, 6.07) is 15.5. The lowest BCUT2D eigenvalue weighted by Gasteiger charge is -2.34. The number of piperidine rings is 1. The second-order valence-electron chi connectivity index (χ2n) is 8.02. The van der Waals surface area contributed by atoms with Crippen molar-refractivity contribution < 1.29 is 14.3 Å². The maximum atomic E-state index is 13.0. The van der Waals surface area contributed by atoms with Gasteiger partial charge < -0.3 is 15.0 Å². The average Bonchev–Trinajstić information content (AvgIpc) is 3.21. The molecule has 2 heterocycles. The van der Waals surface area contributed by atoms with Crippen LogP contribution in [-0.4, -0.2) is 43.0 Å². The first kappa shape index (κ1) is 20.4. The highest BCUT2D eigenvalue weighted by molar-refractivity contribution is 5.97. The fraction of sp³-hybridized carbons (Fsp3) is 0.417. The molecule has 30 heavy (non-hydrogen) atoms. The third-order valence-corrected chi connectivity index (χ3v) is 5.98. The lowest BCUT2D eigenvalue weighted by atomic mass is 10.00. The van der Waals surface area contributed by atoms with E-state index >= 15 is 0 Å². The normalized spacial score (nSPS) is 19.7. The standard InChI is InChI=1S/C24H29N3O3/c1-30-21-13-7-18(8-14-21)17-26-15-3-2-5-22(26)24(29)25-19-9-11-20(12-10-19)27-16-4-6-23(27)28/h7-14,22H,2-6,15-17H2,1H3,(H,25,29). The van der Waals surface area contributed by atoms with Crippen LogP contribution in [0.2, 0.25) is 0 Å². The number of benzene rings is 2. The minimum Gasteiger partial charge on any atom is -0.497 e. The van der Waals surface area contributed by atoms with Gasteiger partial charge in [0.15, 0.2) is 0 Å². The highest BCUT2D eigenvalue weighted by Crippen LogP contribution is 2.25. The van der Waals surface area contributed by atoms with E-state index in [1.807, 2.05) is 41.3 Å². The van der Waals surface area contributed by atoms with E-state index in [1.54, 1.807) is 7.11 Å². The summed E-state index contributed by atoms with van der Waals surface area (Å²) in [5.41, 5.74) is 2.84. The number of nitrogens with one attached hydrogen (secondary N) is 1. The molecule has 6 heteroatoms. The molecule has 2 aromatic carbocycles. The van der Waals surface area contributed by atoms with E-state index < -0.39 is 0 Å².